The summed E-state index contributed by atoms with van der Waals surface area (Å²) in [4.78, 5) is 1.06. The lowest BCUT2D eigenvalue weighted by molar-refractivity contribution is 0.834. The van der Waals surface area contributed by atoms with E-state index in [0.717, 1.165) is 10.5 Å². The Morgan fingerprint density at radius 2 is 2.42 bits per heavy atom. The zero-order valence-corrected chi connectivity index (χ0v) is 8.06. The minimum atomic E-state index is 0.432. The van der Waals surface area contributed by atoms with Crippen molar-refractivity contribution in [1.29, 1.82) is 5.26 Å². The maximum Gasteiger partial charge on any atom is 0.100 e. The number of allylic oxidation sites excluding steroid dienone is 2. The monoisotopic (exact) mass is 177 g/mol. The number of hydrogen-bond donors (Lipinski definition) is 0. The summed E-state index contributed by atoms with van der Waals surface area (Å²) < 4.78 is 0. The van der Waals surface area contributed by atoms with Crippen LogP contribution in [0.4, 0.5) is 0 Å². The van der Waals surface area contributed by atoms with Gasteiger partial charge in [-0.1, -0.05) is 26.0 Å². The second kappa shape index (κ2) is 4.08. The number of nitrogens with zero attached hydrogens (tertiary/aromatic N) is 1. The summed E-state index contributed by atoms with van der Waals surface area (Å²) in [7, 11) is 0. The van der Waals surface area contributed by atoms with Crippen molar-refractivity contribution in [2.45, 2.75) is 13.8 Å². The van der Waals surface area contributed by atoms with Crippen molar-refractivity contribution >= 4 is 16.9 Å². The molecule has 1 rings (SSSR count). The van der Waals surface area contributed by atoms with Gasteiger partial charge in [0.1, 0.15) is 6.07 Å². The van der Waals surface area contributed by atoms with Crippen molar-refractivity contribution in [3.63, 3.8) is 0 Å². The maximum atomic E-state index is 8.84. The van der Waals surface area contributed by atoms with Crippen LogP contribution in [-0.2, 0) is 0 Å². The lowest BCUT2D eigenvalue weighted by atomic mass is 10.1. The summed E-state index contributed by atoms with van der Waals surface area (Å²) in [6, 6.07) is 6.15. The highest BCUT2D eigenvalue weighted by atomic mass is 32.1. The Kier molecular flexibility index (Phi) is 3.07. The zero-order chi connectivity index (χ0) is 8.97. The van der Waals surface area contributed by atoms with E-state index in [4.69, 9.17) is 5.26 Å². The molecule has 12 heavy (non-hydrogen) atoms. The summed E-state index contributed by atoms with van der Waals surface area (Å²) >= 11 is 1.61. The molecule has 0 aliphatic heterocycles. The second-order valence-corrected chi connectivity index (χ2v) is 3.86. The smallest absolute Gasteiger partial charge is 0.100 e. The average Bonchev–Trinajstić information content (AvgIpc) is 2.51. The van der Waals surface area contributed by atoms with Gasteiger partial charge in [0.15, 0.2) is 0 Å². The highest BCUT2D eigenvalue weighted by Gasteiger charge is 2.01. The fourth-order valence-electron chi connectivity index (χ4n) is 0.940. The Hall–Kier alpha value is -1.07. The highest BCUT2D eigenvalue weighted by Crippen LogP contribution is 2.20. The molecular weight excluding hydrogens is 166 g/mol. The Balaban J connectivity index is 2.93. The molecule has 0 fully saturated rings. The predicted molar refractivity (Wildman–Crippen MR) is 52.7 cm³/mol. The van der Waals surface area contributed by atoms with Crippen LogP contribution in [0.3, 0.4) is 0 Å². The number of rotatable bonds is 2. The van der Waals surface area contributed by atoms with E-state index < -0.39 is 0 Å². The van der Waals surface area contributed by atoms with Crippen LogP contribution in [-0.4, -0.2) is 0 Å². The van der Waals surface area contributed by atoms with Crippen molar-refractivity contribution < 1.29 is 0 Å². The van der Waals surface area contributed by atoms with Crippen LogP contribution in [0.1, 0.15) is 18.7 Å². The normalized spacial score (nSPS) is 11.7. The van der Waals surface area contributed by atoms with Crippen molar-refractivity contribution in [3.8, 4) is 6.07 Å². The first kappa shape index (κ1) is 9.02. The summed E-state index contributed by atoms with van der Waals surface area (Å²) in [5.41, 5.74) is 0.792. The highest BCUT2D eigenvalue weighted by molar-refractivity contribution is 7.11. The molecule has 0 aliphatic rings. The molecule has 1 aromatic rings. The molecule has 62 valence electrons. The zero-order valence-electron chi connectivity index (χ0n) is 7.24. The molecule has 0 atom stereocenters. The van der Waals surface area contributed by atoms with Gasteiger partial charge in [0.2, 0.25) is 0 Å². The van der Waals surface area contributed by atoms with E-state index in [0.29, 0.717) is 5.92 Å². The average molecular weight is 177 g/mol. The van der Waals surface area contributed by atoms with Crippen LogP contribution >= 0.6 is 11.3 Å². The third-order valence-electron chi connectivity index (χ3n) is 1.41. The van der Waals surface area contributed by atoms with Gasteiger partial charge in [-0.15, -0.1) is 11.3 Å². The quantitative estimate of drug-likeness (QED) is 0.636. The van der Waals surface area contributed by atoms with Gasteiger partial charge in [0.25, 0.3) is 0 Å². The van der Waals surface area contributed by atoms with Gasteiger partial charge in [0, 0.05) is 4.88 Å². The Morgan fingerprint density at radius 1 is 1.67 bits per heavy atom. The first-order chi connectivity index (χ1) is 5.74. The molecular formula is C10H11NS. The molecule has 0 amide bonds. The van der Waals surface area contributed by atoms with E-state index in [2.05, 4.69) is 19.9 Å². The van der Waals surface area contributed by atoms with E-state index in [-0.39, 0.29) is 0 Å². The van der Waals surface area contributed by atoms with Crippen LogP contribution in [0.2, 0.25) is 0 Å². The van der Waals surface area contributed by atoms with E-state index in [9.17, 15) is 0 Å². The third-order valence-corrected chi connectivity index (χ3v) is 2.31. The van der Waals surface area contributed by atoms with Crippen LogP contribution in [0, 0.1) is 17.2 Å². The Morgan fingerprint density at radius 3 is 2.83 bits per heavy atom. The van der Waals surface area contributed by atoms with Crippen molar-refractivity contribution in [3.05, 3.63) is 28.5 Å². The topological polar surface area (TPSA) is 23.8 Å². The van der Waals surface area contributed by atoms with Gasteiger partial charge in [0.05, 0.1) is 5.57 Å². The molecule has 0 bridgehead atoms. The molecule has 0 saturated carbocycles. The molecule has 0 unspecified atom stereocenters. The standard InChI is InChI=1S/C10H11NS/c1-8(2)6-9(7-11)10-4-3-5-12-10/h3-6,8H,1-2H3/b9-6+. The minimum Gasteiger partial charge on any atom is -0.192 e. The van der Waals surface area contributed by atoms with Gasteiger partial charge < -0.3 is 0 Å². The number of hydrogen-bond acceptors (Lipinski definition) is 2. The second-order valence-electron chi connectivity index (χ2n) is 2.91. The first-order valence-corrected chi connectivity index (χ1v) is 4.78. The fraction of sp³-hybridized carbons (Fsp3) is 0.300. The van der Waals surface area contributed by atoms with Crippen LogP contribution in [0.5, 0.6) is 0 Å². The van der Waals surface area contributed by atoms with E-state index in [1.807, 2.05) is 23.6 Å². The molecule has 0 N–H and O–H groups in total. The van der Waals surface area contributed by atoms with Gasteiger partial charge in [-0.2, -0.15) is 5.26 Å². The summed E-state index contributed by atoms with van der Waals surface area (Å²) in [6.07, 6.45) is 1.99. The summed E-state index contributed by atoms with van der Waals surface area (Å²) in [6.45, 7) is 4.15. The SMILES string of the molecule is CC(C)/C=C(\C#N)c1cccs1. The summed E-state index contributed by atoms with van der Waals surface area (Å²) in [5.74, 6) is 0.432. The van der Waals surface area contributed by atoms with Gasteiger partial charge in [-0.05, 0) is 17.4 Å². The molecule has 0 radical (unpaired) electrons. The van der Waals surface area contributed by atoms with Gasteiger partial charge in [-0.25, -0.2) is 0 Å². The van der Waals surface area contributed by atoms with Crippen LogP contribution in [0.15, 0.2) is 23.6 Å². The fourth-order valence-corrected chi connectivity index (χ4v) is 1.64. The molecule has 1 aromatic heterocycles. The lowest BCUT2D eigenvalue weighted by Crippen LogP contribution is -1.82. The Bertz CT molecular complexity index is 301. The van der Waals surface area contributed by atoms with Gasteiger partial charge in [-0.3, -0.25) is 0 Å². The summed E-state index contributed by atoms with van der Waals surface area (Å²) in [5, 5.41) is 10.8. The molecule has 1 heterocycles. The van der Waals surface area contributed by atoms with E-state index in [1.165, 1.54) is 0 Å². The number of thiophene rings is 1. The lowest BCUT2D eigenvalue weighted by Gasteiger charge is -1.96. The Labute approximate surface area is 77.0 Å². The molecule has 2 heteroatoms. The minimum absolute atomic E-state index is 0.432. The predicted octanol–water partition coefficient (Wildman–Crippen LogP) is 3.31. The number of nitriles is 1. The van der Waals surface area contributed by atoms with E-state index >= 15 is 0 Å². The van der Waals surface area contributed by atoms with Crippen LogP contribution in [0.25, 0.3) is 5.57 Å². The molecule has 0 spiro atoms. The first-order valence-electron chi connectivity index (χ1n) is 3.90. The largest absolute Gasteiger partial charge is 0.192 e. The van der Waals surface area contributed by atoms with Gasteiger partial charge >= 0.3 is 0 Å². The van der Waals surface area contributed by atoms with E-state index in [1.54, 1.807) is 11.3 Å². The van der Waals surface area contributed by atoms with Crippen LogP contribution < -0.4 is 0 Å². The molecule has 0 aliphatic carbocycles. The maximum absolute atomic E-state index is 8.84. The third kappa shape index (κ3) is 2.21. The van der Waals surface area contributed by atoms with Crippen molar-refractivity contribution in [1.82, 2.24) is 0 Å². The van der Waals surface area contributed by atoms with Crippen molar-refractivity contribution in [2.24, 2.45) is 5.92 Å². The molecule has 0 aromatic carbocycles. The molecule has 1 nitrogen and oxygen atoms in total. The van der Waals surface area contributed by atoms with Crippen molar-refractivity contribution in [2.75, 3.05) is 0 Å². The molecule has 0 saturated heterocycles.